The van der Waals surface area contributed by atoms with E-state index in [4.69, 9.17) is 4.74 Å². The third-order valence-electron chi connectivity index (χ3n) is 4.01. The minimum absolute atomic E-state index is 0.0485. The topological polar surface area (TPSA) is 58.6 Å². The Bertz CT molecular complexity index is 969. The molecular formula is C21H18FNO3. The number of nitrogens with one attached hydrogen (secondary N) is 1. The number of hydrogen-bond acceptors (Lipinski definition) is 3. The van der Waals surface area contributed by atoms with Gasteiger partial charge in [-0.2, -0.15) is 0 Å². The molecule has 2 N–H and O–H groups in total. The fraction of sp³-hybridized carbons (Fsp3) is 0.0952. The summed E-state index contributed by atoms with van der Waals surface area (Å²) < 4.78 is 19.5. The van der Waals surface area contributed by atoms with Crippen LogP contribution in [0.5, 0.6) is 11.5 Å². The predicted molar refractivity (Wildman–Crippen MR) is 99.8 cm³/mol. The Labute approximate surface area is 150 Å². The van der Waals surface area contributed by atoms with Gasteiger partial charge in [-0.1, -0.05) is 36.4 Å². The second kappa shape index (κ2) is 7.27. The first-order valence-corrected chi connectivity index (χ1v) is 8.03. The Morgan fingerprint density at radius 1 is 1.00 bits per heavy atom. The molecule has 1 amide bonds. The lowest BCUT2D eigenvalue weighted by Gasteiger charge is -2.12. The first kappa shape index (κ1) is 17.5. The number of methoxy groups -OCH3 is 1. The van der Waals surface area contributed by atoms with Crippen molar-refractivity contribution in [1.29, 1.82) is 0 Å². The van der Waals surface area contributed by atoms with E-state index in [0.29, 0.717) is 22.4 Å². The van der Waals surface area contributed by atoms with Crippen molar-refractivity contribution < 1.29 is 19.0 Å². The van der Waals surface area contributed by atoms with Crippen molar-refractivity contribution in [2.24, 2.45) is 0 Å². The number of carbonyl (C=O) groups excluding carboxylic acids is 1. The number of phenolic OH excluding ortho intramolecular Hbond substituents is 1. The van der Waals surface area contributed by atoms with Gasteiger partial charge in [0.15, 0.2) is 0 Å². The van der Waals surface area contributed by atoms with E-state index >= 15 is 0 Å². The number of carbonyl (C=O) groups is 1. The first-order valence-electron chi connectivity index (χ1n) is 8.03. The number of para-hydroxylation sites is 1. The van der Waals surface area contributed by atoms with Crippen molar-refractivity contribution in [2.75, 3.05) is 12.4 Å². The number of amides is 1. The highest BCUT2D eigenvalue weighted by Crippen LogP contribution is 2.39. The quantitative estimate of drug-likeness (QED) is 0.708. The first-order chi connectivity index (χ1) is 12.5. The molecule has 132 valence electrons. The van der Waals surface area contributed by atoms with Gasteiger partial charge in [0, 0.05) is 18.1 Å². The number of anilines is 1. The average molecular weight is 351 g/mol. The molecule has 0 atom stereocenters. The van der Waals surface area contributed by atoms with E-state index in [2.05, 4.69) is 5.32 Å². The van der Waals surface area contributed by atoms with Gasteiger partial charge in [-0.05, 0) is 35.4 Å². The fourth-order valence-electron chi connectivity index (χ4n) is 2.77. The van der Waals surface area contributed by atoms with E-state index in [0.717, 1.165) is 5.56 Å². The van der Waals surface area contributed by atoms with E-state index in [9.17, 15) is 14.3 Å². The third kappa shape index (κ3) is 3.52. The maximum atomic E-state index is 14.2. The second-order valence-electron chi connectivity index (χ2n) is 5.81. The molecule has 0 unspecified atom stereocenters. The number of halogens is 1. The fourth-order valence-corrected chi connectivity index (χ4v) is 2.77. The van der Waals surface area contributed by atoms with Crippen LogP contribution in [0.3, 0.4) is 0 Å². The van der Waals surface area contributed by atoms with Gasteiger partial charge >= 0.3 is 0 Å². The highest BCUT2D eigenvalue weighted by atomic mass is 19.1. The molecule has 0 saturated carbocycles. The monoisotopic (exact) mass is 351 g/mol. The minimum Gasteiger partial charge on any atom is -0.507 e. The highest BCUT2D eigenvalue weighted by molar-refractivity contribution is 5.89. The molecule has 0 aromatic heterocycles. The van der Waals surface area contributed by atoms with Crippen molar-refractivity contribution in [2.45, 2.75) is 6.92 Å². The molecule has 0 aliphatic rings. The predicted octanol–water partition coefficient (Wildman–Crippen LogP) is 4.83. The van der Waals surface area contributed by atoms with Gasteiger partial charge in [-0.15, -0.1) is 0 Å². The third-order valence-corrected chi connectivity index (χ3v) is 4.01. The van der Waals surface area contributed by atoms with Crippen LogP contribution in [-0.4, -0.2) is 18.1 Å². The average Bonchev–Trinajstić information content (AvgIpc) is 2.63. The van der Waals surface area contributed by atoms with Gasteiger partial charge in [0.1, 0.15) is 17.3 Å². The summed E-state index contributed by atoms with van der Waals surface area (Å²) in [5.41, 5.74) is 2.52. The van der Waals surface area contributed by atoms with Gasteiger partial charge in [-0.25, -0.2) is 4.39 Å². The summed E-state index contributed by atoms with van der Waals surface area (Å²) in [6.07, 6.45) is 0. The number of hydrogen-bond donors (Lipinski definition) is 2. The molecule has 3 aromatic rings. The lowest BCUT2D eigenvalue weighted by molar-refractivity contribution is -0.114. The summed E-state index contributed by atoms with van der Waals surface area (Å²) in [5.74, 6) is -0.186. The van der Waals surface area contributed by atoms with Crippen LogP contribution < -0.4 is 10.1 Å². The maximum absolute atomic E-state index is 14.2. The largest absolute Gasteiger partial charge is 0.507 e. The normalized spacial score (nSPS) is 10.4. The smallest absolute Gasteiger partial charge is 0.221 e. The van der Waals surface area contributed by atoms with Gasteiger partial charge in [-0.3, -0.25) is 4.79 Å². The molecule has 0 saturated heterocycles. The van der Waals surface area contributed by atoms with Crippen LogP contribution in [0.1, 0.15) is 6.92 Å². The van der Waals surface area contributed by atoms with Gasteiger partial charge in [0.2, 0.25) is 5.91 Å². The van der Waals surface area contributed by atoms with Gasteiger partial charge in [0.25, 0.3) is 0 Å². The molecular weight excluding hydrogens is 333 g/mol. The molecule has 3 rings (SSSR count). The Kier molecular flexibility index (Phi) is 4.89. The van der Waals surface area contributed by atoms with Crippen LogP contribution in [-0.2, 0) is 4.79 Å². The highest BCUT2D eigenvalue weighted by Gasteiger charge is 2.13. The molecule has 26 heavy (non-hydrogen) atoms. The number of benzene rings is 3. The Balaban J connectivity index is 2.04. The van der Waals surface area contributed by atoms with E-state index in [1.807, 2.05) is 24.3 Å². The number of rotatable bonds is 4. The van der Waals surface area contributed by atoms with Crippen LogP contribution in [0.15, 0.2) is 60.7 Å². The van der Waals surface area contributed by atoms with Crippen molar-refractivity contribution in [3.05, 3.63) is 66.5 Å². The summed E-state index contributed by atoms with van der Waals surface area (Å²) in [6.45, 7) is 1.32. The maximum Gasteiger partial charge on any atom is 0.221 e. The lowest BCUT2D eigenvalue weighted by atomic mass is 9.97. The second-order valence-corrected chi connectivity index (χ2v) is 5.81. The summed E-state index contributed by atoms with van der Waals surface area (Å²) in [5, 5.41) is 13.2. The van der Waals surface area contributed by atoms with E-state index in [-0.39, 0.29) is 17.3 Å². The Morgan fingerprint density at radius 2 is 1.65 bits per heavy atom. The van der Waals surface area contributed by atoms with E-state index < -0.39 is 5.82 Å². The lowest BCUT2D eigenvalue weighted by Crippen LogP contribution is -2.07. The minimum atomic E-state index is -0.566. The zero-order valence-corrected chi connectivity index (χ0v) is 14.4. The summed E-state index contributed by atoms with van der Waals surface area (Å²) in [6, 6.07) is 17.0. The molecule has 4 nitrogen and oxygen atoms in total. The van der Waals surface area contributed by atoms with E-state index in [1.165, 1.54) is 19.1 Å². The van der Waals surface area contributed by atoms with Crippen LogP contribution in [0.25, 0.3) is 22.3 Å². The van der Waals surface area contributed by atoms with Gasteiger partial charge in [0.05, 0.1) is 12.8 Å². The Morgan fingerprint density at radius 3 is 2.27 bits per heavy atom. The van der Waals surface area contributed by atoms with Crippen molar-refractivity contribution in [1.82, 2.24) is 0 Å². The van der Waals surface area contributed by atoms with E-state index in [1.54, 1.807) is 31.4 Å². The number of ether oxygens (including phenoxy) is 1. The standard InChI is InChI=1S/C21H18FNO3/c1-13(24)23-20-10-9-15(12-19(20)22)18-8-4-7-17(21(18)25)14-5-3-6-16(11-14)26-2/h3-12,25H,1-2H3,(H,23,24). The summed E-state index contributed by atoms with van der Waals surface area (Å²) in [7, 11) is 1.58. The van der Waals surface area contributed by atoms with Crippen molar-refractivity contribution in [3.8, 4) is 33.8 Å². The molecule has 0 bridgehead atoms. The Hall–Kier alpha value is -3.34. The van der Waals surface area contributed by atoms with Crippen molar-refractivity contribution in [3.63, 3.8) is 0 Å². The molecule has 3 aromatic carbocycles. The number of aromatic hydroxyl groups is 1. The molecule has 0 heterocycles. The SMILES string of the molecule is COc1cccc(-c2cccc(-c3ccc(NC(C)=O)c(F)c3)c2O)c1. The van der Waals surface area contributed by atoms with Crippen LogP contribution in [0, 0.1) is 5.82 Å². The summed E-state index contributed by atoms with van der Waals surface area (Å²) in [4.78, 5) is 11.1. The molecule has 0 fully saturated rings. The number of phenols is 1. The molecule has 0 spiro atoms. The van der Waals surface area contributed by atoms with Crippen molar-refractivity contribution >= 4 is 11.6 Å². The zero-order valence-electron chi connectivity index (χ0n) is 14.4. The van der Waals surface area contributed by atoms with Crippen LogP contribution >= 0.6 is 0 Å². The molecule has 5 heteroatoms. The zero-order chi connectivity index (χ0) is 18.7. The van der Waals surface area contributed by atoms with Gasteiger partial charge < -0.3 is 15.2 Å². The summed E-state index contributed by atoms with van der Waals surface area (Å²) >= 11 is 0. The van der Waals surface area contributed by atoms with Crippen LogP contribution in [0.4, 0.5) is 10.1 Å². The van der Waals surface area contributed by atoms with Crippen LogP contribution in [0.2, 0.25) is 0 Å². The molecule has 0 radical (unpaired) electrons. The molecule has 0 aliphatic heterocycles. The molecule has 0 aliphatic carbocycles.